The van der Waals surface area contributed by atoms with Crippen LogP contribution < -0.4 is 4.74 Å². The molecule has 1 N–H and O–H groups in total. The molecule has 102 valence electrons. The Balaban J connectivity index is 2.33. The van der Waals surface area contributed by atoms with E-state index in [9.17, 15) is 9.50 Å². The van der Waals surface area contributed by atoms with E-state index in [0.29, 0.717) is 17.9 Å². The molecule has 1 aromatic carbocycles. The molecule has 1 aromatic rings. The van der Waals surface area contributed by atoms with E-state index < -0.39 is 11.9 Å². The molecule has 0 unspecified atom stereocenters. The minimum absolute atomic E-state index is 0.310. The molecule has 0 radical (unpaired) electrons. The molecular weight excluding hydrogens is 231 g/mol. The maximum Gasteiger partial charge on any atom is 0.132 e. The van der Waals surface area contributed by atoms with Gasteiger partial charge in [0, 0.05) is 11.6 Å². The normalized spacial score (nSPS) is 12.4. The van der Waals surface area contributed by atoms with Gasteiger partial charge in [-0.25, -0.2) is 4.39 Å². The van der Waals surface area contributed by atoms with E-state index in [2.05, 4.69) is 6.92 Å². The van der Waals surface area contributed by atoms with Crippen LogP contribution in [0, 0.1) is 5.82 Å². The Hall–Kier alpha value is -1.09. The summed E-state index contributed by atoms with van der Waals surface area (Å²) in [6, 6.07) is 4.62. The summed E-state index contributed by atoms with van der Waals surface area (Å²) < 4.78 is 19.0. The molecule has 0 heterocycles. The van der Waals surface area contributed by atoms with Crippen LogP contribution in [0.3, 0.4) is 0 Å². The van der Waals surface area contributed by atoms with Gasteiger partial charge < -0.3 is 9.84 Å². The average molecular weight is 254 g/mol. The lowest BCUT2D eigenvalue weighted by atomic mass is 10.1. The van der Waals surface area contributed by atoms with Gasteiger partial charge in [-0.15, -0.1) is 0 Å². The molecule has 0 aliphatic rings. The largest absolute Gasteiger partial charge is 0.493 e. The molecule has 2 nitrogen and oxygen atoms in total. The molecule has 0 aliphatic carbocycles. The predicted octanol–water partition coefficient (Wildman–Crippen LogP) is 4.23. The second-order valence-corrected chi connectivity index (χ2v) is 4.62. The van der Waals surface area contributed by atoms with E-state index in [1.807, 2.05) is 0 Å². The molecule has 0 spiro atoms. The second kappa shape index (κ2) is 8.09. The number of aliphatic hydroxyl groups is 1. The Morgan fingerprint density at radius 3 is 2.56 bits per heavy atom. The summed E-state index contributed by atoms with van der Waals surface area (Å²) in [6.07, 6.45) is 5.09. The highest BCUT2D eigenvalue weighted by Gasteiger charge is 2.08. The average Bonchev–Trinajstić information content (AvgIpc) is 2.33. The molecule has 1 rings (SSSR count). The maximum absolute atomic E-state index is 13.5. The van der Waals surface area contributed by atoms with Gasteiger partial charge in [0.25, 0.3) is 0 Å². The second-order valence-electron chi connectivity index (χ2n) is 4.62. The summed E-state index contributed by atoms with van der Waals surface area (Å²) in [7, 11) is 0. The van der Waals surface area contributed by atoms with Crippen LogP contribution in [-0.2, 0) is 0 Å². The van der Waals surface area contributed by atoms with Crippen molar-refractivity contribution in [2.75, 3.05) is 6.61 Å². The van der Waals surface area contributed by atoms with E-state index in [1.54, 1.807) is 19.1 Å². The fourth-order valence-corrected chi connectivity index (χ4v) is 1.83. The number of unbranched alkanes of at least 4 members (excludes halogenated alkanes) is 4. The maximum atomic E-state index is 13.5. The van der Waals surface area contributed by atoms with Gasteiger partial charge in [0.1, 0.15) is 11.6 Å². The van der Waals surface area contributed by atoms with Crippen LogP contribution in [0.5, 0.6) is 5.75 Å². The van der Waals surface area contributed by atoms with Crippen molar-refractivity contribution in [3.8, 4) is 5.75 Å². The topological polar surface area (TPSA) is 29.5 Å². The zero-order valence-electron chi connectivity index (χ0n) is 11.3. The van der Waals surface area contributed by atoms with Crippen molar-refractivity contribution < 1.29 is 14.2 Å². The van der Waals surface area contributed by atoms with Gasteiger partial charge in [-0.1, -0.05) is 32.6 Å². The van der Waals surface area contributed by atoms with Gasteiger partial charge in [0.05, 0.1) is 12.7 Å². The number of halogens is 1. The molecule has 0 amide bonds. The monoisotopic (exact) mass is 254 g/mol. The lowest BCUT2D eigenvalue weighted by molar-refractivity contribution is 0.194. The minimum Gasteiger partial charge on any atom is -0.493 e. The molecule has 0 aliphatic heterocycles. The first kappa shape index (κ1) is 15.0. The van der Waals surface area contributed by atoms with Gasteiger partial charge in [-0.05, 0) is 25.5 Å². The Kier molecular flexibility index (Phi) is 6.73. The van der Waals surface area contributed by atoms with Crippen LogP contribution in [0.1, 0.15) is 57.6 Å². The highest BCUT2D eigenvalue weighted by molar-refractivity contribution is 5.29. The third-order valence-corrected chi connectivity index (χ3v) is 2.94. The summed E-state index contributed by atoms with van der Waals surface area (Å²) in [6.45, 7) is 4.35. The molecule has 0 fully saturated rings. The number of aliphatic hydroxyl groups excluding tert-OH is 1. The summed E-state index contributed by atoms with van der Waals surface area (Å²) in [5.41, 5.74) is 0.310. The van der Waals surface area contributed by atoms with Crippen LogP contribution in [0.25, 0.3) is 0 Å². The molecule has 0 saturated carbocycles. The highest BCUT2D eigenvalue weighted by Crippen LogP contribution is 2.21. The van der Waals surface area contributed by atoms with Crippen molar-refractivity contribution in [3.63, 3.8) is 0 Å². The fourth-order valence-electron chi connectivity index (χ4n) is 1.83. The molecule has 0 bridgehead atoms. The Morgan fingerprint density at radius 1 is 1.22 bits per heavy atom. The van der Waals surface area contributed by atoms with Gasteiger partial charge in [-0.3, -0.25) is 0 Å². The first-order valence-corrected chi connectivity index (χ1v) is 6.75. The quantitative estimate of drug-likeness (QED) is 0.703. The van der Waals surface area contributed by atoms with Crippen LogP contribution in [-0.4, -0.2) is 11.7 Å². The third kappa shape index (κ3) is 5.05. The highest BCUT2D eigenvalue weighted by atomic mass is 19.1. The van der Waals surface area contributed by atoms with Crippen molar-refractivity contribution in [1.29, 1.82) is 0 Å². The molecular formula is C15H23FO2. The lowest BCUT2D eigenvalue weighted by Crippen LogP contribution is -2.00. The fraction of sp³-hybridized carbons (Fsp3) is 0.600. The van der Waals surface area contributed by atoms with Crippen molar-refractivity contribution in [3.05, 3.63) is 29.6 Å². The van der Waals surface area contributed by atoms with Crippen LogP contribution in [0.2, 0.25) is 0 Å². The van der Waals surface area contributed by atoms with Gasteiger partial charge in [0.2, 0.25) is 0 Å². The summed E-state index contributed by atoms with van der Waals surface area (Å²) in [4.78, 5) is 0. The van der Waals surface area contributed by atoms with Gasteiger partial charge in [0.15, 0.2) is 0 Å². The first-order valence-electron chi connectivity index (χ1n) is 6.75. The van der Waals surface area contributed by atoms with E-state index in [1.165, 1.54) is 25.3 Å². The number of rotatable bonds is 8. The molecule has 0 aromatic heterocycles. The standard InChI is InChI=1S/C15H23FO2/c1-3-4-5-6-7-10-18-13-8-9-14(12(2)17)15(16)11-13/h8-9,11-12,17H,3-7,10H2,1-2H3/t12-/m0/s1. The van der Waals surface area contributed by atoms with E-state index in [0.717, 1.165) is 12.8 Å². The van der Waals surface area contributed by atoms with E-state index >= 15 is 0 Å². The molecule has 0 saturated heterocycles. The lowest BCUT2D eigenvalue weighted by Gasteiger charge is -2.10. The van der Waals surface area contributed by atoms with Crippen LogP contribution in [0.4, 0.5) is 4.39 Å². The van der Waals surface area contributed by atoms with Gasteiger partial charge >= 0.3 is 0 Å². The minimum atomic E-state index is -0.784. The Bertz CT molecular complexity index is 350. The Labute approximate surface area is 109 Å². The SMILES string of the molecule is CCCCCCCOc1ccc([C@H](C)O)c(F)c1. The number of ether oxygens (including phenoxy) is 1. The molecule has 3 heteroatoms. The smallest absolute Gasteiger partial charge is 0.132 e. The van der Waals surface area contributed by atoms with Crippen LogP contribution in [0.15, 0.2) is 18.2 Å². The van der Waals surface area contributed by atoms with E-state index in [-0.39, 0.29) is 0 Å². The summed E-state index contributed by atoms with van der Waals surface area (Å²) >= 11 is 0. The van der Waals surface area contributed by atoms with Crippen molar-refractivity contribution >= 4 is 0 Å². The summed E-state index contributed by atoms with van der Waals surface area (Å²) in [5, 5.41) is 9.31. The van der Waals surface area contributed by atoms with E-state index in [4.69, 9.17) is 4.74 Å². The molecule has 18 heavy (non-hydrogen) atoms. The van der Waals surface area contributed by atoms with Crippen molar-refractivity contribution in [1.82, 2.24) is 0 Å². The number of benzene rings is 1. The van der Waals surface area contributed by atoms with Gasteiger partial charge in [-0.2, -0.15) is 0 Å². The van der Waals surface area contributed by atoms with Crippen molar-refractivity contribution in [2.45, 2.75) is 52.1 Å². The van der Waals surface area contributed by atoms with Crippen molar-refractivity contribution in [2.24, 2.45) is 0 Å². The zero-order valence-corrected chi connectivity index (χ0v) is 11.3. The molecule has 1 atom stereocenters. The number of hydrogen-bond donors (Lipinski definition) is 1. The Morgan fingerprint density at radius 2 is 1.94 bits per heavy atom. The number of hydrogen-bond acceptors (Lipinski definition) is 2. The zero-order chi connectivity index (χ0) is 13.4. The predicted molar refractivity (Wildman–Crippen MR) is 71.3 cm³/mol. The van der Waals surface area contributed by atoms with Crippen LogP contribution >= 0.6 is 0 Å². The first-order chi connectivity index (χ1) is 8.65. The third-order valence-electron chi connectivity index (χ3n) is 2.94. The summed E-state index contributed by atoms with van der Waals surface area (Å²) in [5.74, 6) is 0.126.